The quantitative estimate of drug-likeness (QED) is 0.858. The molecular formula is C15H23NO3. The number of rotatable bonds is 5. The Morgan fingerprint density at radius 3 is 2.84 bits per heavy atom. The Bertz CT molecular complexity index is 427. The van der Waals surface area contributed by atoms with E-state index in [0.717, 1.165) is 43.7 Å². The van der Waals surface area contributed by atoms with Crippen LogP contribution in [0.2, 0.25) is 0 Å². The van der Waals surface area contributed by atoms with Crippen LogP contribution in [-0.2, 0) is 4.79 Å². The first-order valence-corrected chi connectivity index (χ1v) is 7.10. The van der Waals surface area contributed by atoms with Crippen LogP contribution in [0.1, 0.15) is 50.2 Å². The molecule has 1 aliphatic rings. The van der Waals surface area contributed by atoms with Gasteiger partial charge in [0.1, 0.15) is 11.5 Å². The SMILES string of the molecule is Cc1ccc(C(C)NCC2CCCCC2C(=O)O)o1. The highest BCUT2D eigenvalue weighted by Crippen LogP contribution is 2.30. The fraction of sp³-hybridized carbons (Fsp3) is 0.667. The second kappa shape index (κ2) is 6.24. The smallest absolute Gasteiger partial charge is 0.306 e. The van der Waals surface area contributed by atoms with Crippen LogP contribution in [0.25, 0.3) is 0 Å². The number of furan rings is 1. The number of nitrogens with one attached hydrogen (secondary N) is 1. The molecule has 0 aromatic carbocycles. The molecule has 106 valence electrons. The van der Waals surface area contributed by atoms with Crippen LogP contribution in [0, 0.1) is 18.8 Å². The standard InChI is InChI=1S/C15H23NO3/c1-10-7-8-14(19-10)11(2)16-9-12-5-3-4-6-13(12)15(17)18/h7-8,11-13,16H,3-6,9H2,1-2H3,(H,17,18). The van der Waals surface area contributed by atoms with Crippen LogP contribution in [0.5, 0.6) is 0 Å². The monoisotopic (exact) mass is 265 g/mol. The van der Waals surface area contributed by atoms with Crippen molar-refractivity contribution in [1.29, 1.82) is 0 Å². The van der Waals surface area contributed by atoms with Crippen molar-refractivity contribution in [2.75, 3.05) is 6.54 Å². The molecule has 1 saturated carbocycles. The number of hydrogen-bond donors (Lipinski definition) is 2. The highest BCUT2D eigenvalue weighted by Gasteiger charge is 2.30. The molecule has 2 rings (SSSR count). The zero-order chi connectivity index (χ0) is 13.8. The molecule has 2 N–H and O–H groups in total. The minimum Gasteiger partial charge on any atom is -0.481 e. The predicted octanol–water partition coefficient (Wildman–Crippen LogP) is 3.13. The fourth-order valence-electron chi connectivity index (χ4n) is 2.89. The van der Waals surface area contributed by atoms with Crippen molar-refractivity contribution in [3.05, 3.63) is 23.7 Å². The summed E-state index contributed by atoms with van der Waals surface area (Å²) in [4.78, 5) is 11.2. The Morgan fingerprint density at radius 2 is 2.21 bits per heavy atom. The van der Waals surface area contributed by atoms with Crippen LogP contribution in [0.4, 0.5) is 0 Å². The second-order valence-electron chi connectivity index (χ2n) is 5.57. The van der Waals surface area contributed by atoms with Crippen LogP contribution >= 0.6 is 0 Å². The van der Waals surface area contributed by atoms with Gasteiger partial charge in [0.15, 0.2) is 0 Å². The molecule has 3 unspecified atom stereocenters. The summed E-state index contributed by atoms with van der Waals surface area (Å²) >= 11 is 0. The third-order valence-electron chi connectivity index (χ3n) is 4.10. The third kappa shape index (κ3) is 3.60. The van der Waals surface area contributed by atoms with E-state index in [9.17, 15) is 9.90 Å². The van der Waals surface area contributed by atoms with Crippen molar-refractivity contribution in [2.45, 2.75) is 45.6 Å². The molecule has 0 saturated heterocycles. The van der Waals surface area contributed by atoms with E-state index in [-0.39, 0.29) is 17.9 Å². The van der Waals surface area contributed by atoms with Crippen molar-refractivity contribution >= 4 is 5.97 Å². The average molecular weight is 265 g/mol. The average Bonchev–Trinajstić information content (AvgIpc) is 2.83. The van der Waals surface area contributed by atoms with Crippen LogP contribution in [-0.4, -0.2) is 17.6 Å². The summed E-state index contributed by atoms with van der Waals surface area (Å²) in [5, 5.41) is 12.7. The van der Waals surface area contributed by atoms with Gasteiger partial charge in [0.05, 0.1) is 12.0 Å². The summed E-state index contributed by atoms with van der Waals surface area (Å²) in [5.74, 6) is 1.23. The van der Waals surface area contributed by atoms with Crippen LogP contribution < -0.4 is 5.32 Å². The molecule has 1 fully saturated rings. The zero-order valence-electron chi connectivity index (χ0n) is 11.7. The topological polar surface area (TPSA) is 62.5 Å². The number of carbonyl (C=O) groups is 1. The van der Waals surface area contributed by atoms with E-state index in [1.165, 1.54) is 0 Å². The van der Waals surface area contributed by atoms with E-state index in [0.29, 0.717) is 0 Å². The van der Waals surface area contributed by atoms with Crippen LogP contribution in [0.3, 0.4) is 0 Å². The fourth-order valence-corrected chi connectivity index (χ4v) is 2.89. The molecule has 1 aliphatic carbocycles. The second-order valence-corrected chi connectivity index (χ2v) is 5.57. The Kier molecular flexibility index (Phi) is 4.64. The lowest BCUT2D eigenvalue weighted by molar-refractivity contribution is -0.144. The number of hydrogen-bond acceptors (Lipinski definition) is 3. The minimum absolute atomic E-state index is 0.130. The van der Waals surface area contributed by atoms with Crippen molar-refractivity contribution < 1.29 is 14.3 Å². The summed E-state index contributed by atoms with van der Waals surface area (Å²) in [6, 6.07) is 4.06. The molecule has 4 nitrogen and oxygen atoms in total. The summed E-state index contributed by atoms with van der Waals surface area (Å²) < 4.78 is 5.58. The van der Waals surface area contributed by atoms with Gasteiger partial charge in [-0.1, -0.05) is 12.8 Å². The highest BCUT2D eigenvalue weighted by molar-refractivity contribution is 5.70. The van der Waals surface area contributed by atoms with Gasteiger partial charge in [0.2, 0.25) is 0 Å². The Morgan fingerprint density at radius 1 is 1.47 bits per heavy atom. The lowest BCUT2D eigenvalue weighted by Gasteiger charge is -2.29. The Hall–Kier alpha value is -1.29. The molecular weight excluding hydrogens is 242 g/mol. The van der Waals surface area contributed by atoms with Gasteiger partial charge in [-0.3, -0.25) is 4.79 Å². The number of aliphatic carboxylic acids is 1. The summed E-state index contributed by atoms with van der Waals surface area (Å²) in [6.45, 7) is 4.73. The largest absolute Gasteiger partial charge is 0.481 e. The van der Waals surface area contributed by atoms with E-state index < -0.39 is 5.97 Å². The molecule has 4 heteroatoms. The van der Waals surface area contributed by atoms with Gasteiger partial charge in [-0.05, 0) is 51.3 Å². The molecule has 1 aromatic rings. The molecule has 19 heavy (non-hydrogen) atoms. The number of carboxylic acids is 1. The van der Waals surface area contributed by atoms with Gasteiger partial charge in [0.25, 0.3) is 0 Å². The van der Waals surface area contributed by atoms with Gasteiger partial charge < -0.3 is 14.8 Å². The van der Waals surface area contributed by atoms with Crippen molar-refractivity contribution in [1.82, 2.24) is 5.32 Å². The lowest BCUT2D eigenvalue weighted by Crippen LogP contribution is -2.35. The third-order valence-corrected chi connectivity index (χ3v) is 4.10. The van der Waals surface area contributed by atoms with Crippen molar-refractivity contribution in [3.8, 4) is 0 Å². The zero-order valence-corrected chi connectivity index (χ0v) is 11.7. The molecule has 3 atom stereocenters. The number of carboxylic acid groups (broad SMARTS) is 1. The van der Waals surface area contributed by atoms with E-state index in [1.807, 2.05) is 19.1 Å². The first kappa shape index (κ1) is 14.1. The molecule has 0 aliphatic heterocycles. The predicted molar refractivity (Wildman–Crippen MR) is 72.9 cm³/mol. The molecule has 0 amide bonds. The molecule has 1 aromatic heterocycles. The summed E-state index contributed by atoms with van der Waals surface area (Å²) in [7, 11) is 0. The van der Waals surface area contributed by atoms with Gasteiger partial charge in [0, 0.05) is 0 Å². The van der Waals surface area contributed by atoms with E-state index >= 15 is 0 Å². The molecule has 1 heterocycles. The van der Waals surface area contributed by atoms with Crippen LogP contribution in [0.15, 0.2) is 16.5 Å². The maximum atomic E-state index is 11.2. The molecule has 0 bridgehead atoms. The molecule has 0 spiro atoms. The Labute approximate surface area is 114 Å². The maximum absolute atomic E-state index is 11.2. The Balaban J connectivity index is 1.88. The van der Waals surface area contributed by atoms with Gasteiger partial charge in [-0.25, -0.2) is 0 Å². The van der Waals surface area contributed by atoms with Gasteiger partial charge in [-0.15, -0.1) is 0 Å². The normalized spacial score (nSPS) is 25.2. The van der Waals surface area contributed by atoms with Gasteiger partial charge >= 0.3 is 5.97 Å². The van der Waals surface area contributed by atoms with Crippen molar-refractivity contribution in [3.63, 3.8) is 0 Å². The van der Waals surface area contributed by atoms with Gasteiger partial charge in [-0.2, -0.15) is 0 Å². The summed E-state index contributed by atoms with van der Waals surface area (Å²) in [6.07, 6.45) is 4.01. The molecule has 0 radical (unpaired) electrons. The van der Waals surface area contributed by atoms with E-state index in [4.69, 9.17) is 4.42 Å². The van der Waals surface area contributed by atoms with E-state index in [2.05, 4.69) is 12.2 Å². The van der Waals surface area contributed by atoms with E-state index in [1.54, 1.807) is 0 Å². The lowest BCUT2D eigenvalue weighted by atomic mass is 9.79. The van der Waals surface area contributed by atoms with Crippen molar-refractivity contribution in [2.24, 2.45) is 11.8 Å². The first-order chi connectivity index (χ1) is 9.08. The first-order valence-electron chi connectivity index (χ1n) is 7.10. The summed E-state index contributed by atoms with van der Waals surface area (Å²) in [5.41, 5.74) is 0. The maximum Gasteiger partial charge on any atom is 0.306 e. The highest BCUT2D eigenvalue weighted by atomic mass is 16.4. The number of aryl methyl sites for hydroxylation is 1. The minimum atomic E-state index is -0.645.